The molecule has 0 radical (unpaired) electrons. The second kappa shape index (κ2) is 24.3. The summed E-state index contributed by atoms with van der Waals surface area (Å²) < 4.78 is 40.7. The molecule has 0 saturated carbocycles. The lowest BCUT2D eigenvalue weighted by atomic mass is 9.97. The summed E-state index contributed by atoms with van der Waals surface area (Å²) in [7, 11) is 0. The molecule has 3 aromatic carbocycles. The number of piperazine rings is 1. The van der Waals surface area contributed by atoms with Crippen molar-refractivity contribution >= 4 is 53.3 Å². The van der Waals surface area contributed by atoms with Gasteiger partial charge in [-0.3, -0.25) is 24.1 Å². The molecule has 3 saturated heterocycles. The van der Waals surface area contributed by atoms with Crippen molar-refractivity contribution in [3.63, 3.8) is 0 Å². The molecule has 9 rings (SSSR count). The minimum Gasteiger partial charge on any atom is -0.449 e. The van der Waals surface area contributed by atoms with Gasteiger partial charge in [-0.25, -0.2) is 18.3 Å². The molecule has 6 N–H and O–H groups in total. The Balaban J connectivity index is 0.683. The number of nitrogens with two attached hydrogens (primary N) is 1. The third-order valence-corrected chi connectivity index (χ3v) is 14.8. The summed E-state index contributed by atoms with van der Waals surface area (Å²) in [6, 6.07) is 19.6. The molecule has 406 valence electrons. The van der Waals surface area contributed by atoms with E-state index in [0.717, 1.165) is 52.7 Å². The van der Waals surface area contributed by atoms with E-state index in [1.54, 1.807) is 16.9 Å². The summed E-state index contributed by atoms with van der Waals surface area (Å²) in [6.07, 6.45) is 6.37. The average molecular weight is 1060 g/mol. The summed E-state index contributed by atoms with van der Waals surface area (Å²) in [5.74, 6) is -2.35. The maximum absolute atomic E-state index is 13.8. The highest BCUT2D eigenvalue weighted by atomic mass is 19.1. The summed E-state index contributed by atoms with van der Waals surface area (Å²) in [4.78, 5) is 82.5. The van der Waals surface area contributed by atoms with Gasteiger partial charge in [0.25, 0.3) is 0 Å². The number of nitrogens with one attached hydrogen (secondary N) is 4. The molecule has 5 aromatic rings. The predicted octanol–water partition coefficient (Wildman–Crippen LogP) is 4.12. The van der Waals surface area contributed by atoms with Gasteiger partial charge in [-0.2, -0.15) is 15.1 Å². The second-order valence-corrected chi connectivity index (χ2v) is 19.8. The third-order valence-electron chi connectivity index (χ3n) is 14.8. The smallest absolute Gasteiger partial charge is 0.407 e. The zero-order valence-corrected chi connectivity index (χ0v) is 43.4. The van der Waals surface area contributed by atoms with Gasteiger partial charge in [0.05, 0.1) is 24.5 Å². The van der Waals surface area contributed by atoms with Gasteiger partial charge in [0.15, 0.2) is 5.82 Å². The molecule has 4 aliphatic rings. The first-order chi connectivity index (χ1) is 37.2. The number of alkyl carbamates (subject to hydrolysis) is 1. The van der Waals surface area contributed by atoms with Crippen molar-refractivity contribution in [2.45, 2.75) is 64.1 Å². The van der Waals surface area contributed by atoms with Crippen LogP contribution in [0.25, 0.3) is 23.0 Å². The number of rotatable bonds is 20. The van der Waals surface area contributed by atoms with E-state index in [0.29, 0.717) is 75.9 Å². The molecule has 2 aromatic heterocycles. The van der Waals surface area contributed by atoms with Crippen molar-refractivity contribution in [2.75, 3.05) is 94.3 Å². The van der Waals surface area contributed by atoms with Gasteiger partial charge in [0.1, 0.15) is 49.4 Å². The van der Waals surface area contributed by atoms with Gasteiger partial charge in [-0.05, 0) is 60.1 Å². The number of benzene rings is 3. The van der Waals surface area contributed by atoms with Crippen LogP contribution in [0.5, 0.6) is 0 Å². The van der Waals surface area contributed by atoms with Crippen LogP contribution in [-0.2, 0) is 28.7 Å². The Bertz CT molecular complexity index is 2930. The lowest BCUT2D eigenvalue weighted by molar-refractivity contribution is -0.140. The van der Waals surface area contributed by atoms with Crippen molar-refractivity contribution in [3.8, 4) is 16.9 Å². The standard InChI is InChI=1S/C55H65F2N13O7/c1-4-34(2)51(65-52(73)46-16-10-18-69(46)50(72)29-59-49(71)28-60-55(75)76-32-45-43-14-7-5-12-41(43)42-13-6-8-15-44(42)45)53(74)61-33-77-40-30-68(31-40)47-26-48(64-54(58)63-47)70-35(3)36(27-62-70)11-9-17-66-19-21-67(22-20-66)39-24-37(56)23-38(57)25-39/h5-9,11-15,23-27,34,40,45-46,51H,4,10,16-22,28-33H2,1-3H3,(H,59,71)(H,60,75)(H,61,74)(H,65,73)(H2,58,63,64)/b11-9+/t34-,46+,51-/m1/s1. The molecule has 5 amide bonds. The second-order valence-electron chi connectivity index (χ2n) is 19.8. The Hall–Kier alpha value is -7.98. The number of carbonyl (C=O) groups is 5. The Morgan fingerprint density at radius 2 is 1.53 bits per heavy atom. The quantitative estimate of drug-likeness (QED) is 0.0691. The fourth-order valence-corrected chi connectivity index (χ4v) is 10.3. The molecule has 0 spiro atoms. The van der Waals surface area contributed by atoms with E-state index >= 15 is 0 Å². The predicted molar refractivity (Wildman–Crippen MR) is 285 cm³/mol. The van der Waals surface area contributed by atoms with Gasteiger partial charge in [0.2, 0.25) is 29.6 Å². The fraction of sp³-hybridized carbons (Fsp3) is 0.418. The van der Waals surface area contributed by atoms with Crippen LogP contribution in [0.3, 0.4) is 0 Å². The number of anilines is 3. The fourth-order valence-electron chi connectivity index (χ4n) is 10.3. The Morgan fingerprint density at radius 1 is 0.844 bits per heavy atom. The van der Waals surface area contributed by atoms with Crippen molar-refractivity contribution in [3.05, 3.63) is 119 Å². The number of hydrogen-bond donors (Lipinski definition) is 5. The SMILES string of the molecule is CC[C@@H](C)[C@@H](NC(=O)[C@@H]1CCCN1C(=O)CNC(=O)CNC(=O)OCC1c2ccccc2-c2ccccc21)C(=O)NCOC1CN(c2cc(-n3ncc(/C=C/CN4CCN(c5cc(F)cc(F)c5)CC4)c3C)nc(N)n2)C1. The van der Waals surface area contributed by atoms with Gasteiger partial charge < -0.3 is 51.2 Å². The van der Waals surface area contributed by atoms with Crippen LogP contribution in [0.4, 0.5) is 31.0 Å². The number of ether oxygens (including phenoxy) is 2. The van der Waals surface area contributed by atoms with Gasteiger partial charge >= 0.3 is 6.09 Å². The summed E-state index contributed by atoms with van der Waals surface area (Å²) in [5, 5.41) is 15.2. The first-order valence-electron chi connectivity index (χ1n) is 26.1. The Morgan fingerprint density at radius 3 is 2.23 bits per heavy atom. The molecule has 3 atom stereocenters. The monoisotopic (exact) mass is 1060 g/mol. The van der Waals surface area contributed by atoms with Crippen LogP contribution in [0.1, 0.15) is 61.4 Å². The van der Waals surface area contributed by atoms with Crippen molar-refractivity contribution < 1.29 is 42.2 Å². The van der Waals surface area contributed by atoms with Gasteiger partial charge in [0, 0.05) is 81.7 Å². The highest BCUT2D eigenvalue weighted by molar-refractivity contribution is 5.94. The molecule has 20 nitrogen and oxygen atoms in total. The van der Waals surface area contributed by atoms with E-state index in [-0.39, 0.29) is 43.8 Å². The van der Waals surface area contributed by atoms with Crippen molar-refractivity contribution in [2.24, 2.45) is 5.92 Å². The first-order valence-corrected chi connectivity index (χ1v) is 26.1. The van der Waals surface area contributed by atoms with Gasteiger partial charge in [-0.1, -0.05) is 81.0 Å². The molecule has 5 heterocycles. The zero-order chi connectivity index (χ0) is 54.2. The number of nitrogen functional groups attached to an aromatic ring is 1. The van der Waals surface area contributed by atoms with E-state index in [1.807, 2.05) is 85.2 Å². The maximum atomic E-state index is 13.8. The van der Waals surface area contributed by atoms with E-state index in [4.69, 9.17) is 15.2 Å². The number of likely N-dealkylation sites (tertiary alicyclic amines) is 1. The number of halogens is 2. The maximum Gasteiger partial charge on any atom is 0.407 e. The Kier molecular flexibility index (Phi) is 17.0. The molecule has 3 fully saturated rings. The topological polar surface area (TPSA) is 235 Å². The van der Waals surface area contributed by atoms with E-state index in [2.05, 4.69) is 47.3 Å². The molecule has 1 aliphatic carbocycles. The van der Waals surface area contributed by atoms with Gasteiger partial charge in [-0.15, -0.1) is 0 Å². The molecule has 0 unspecified atom stereocenters. The number of hydrogen-bond acceptors (Lipinski definition) is 14. The van der Waals surface area contributed by atoms with Crippen LogP contribution in [0.2, 0.25) is 0 Å². The molecule has 3 aliphatic heterocycles. The van der Waals surface area contributed by atoms with E-state index in [1.165, 1.54) is 17.0 Å². The third kappa shape index (κ3) is 12.8. The normalized spacial score (nSPS) is 17.4. The number of amides is 5. The van der Waals surface area contributed by atoms with Crippen LogP contribution in [0, 0.1) is 24.5 Å². The number of carbonyl (C=O) groups excluding carboxylic acids is 5. The summed E-state index contributed by atoms with van der Waals surface area (Å²) in [5.41, 5.74) is 12.8. The lowest BCUT2D eigenvalue weighted by Gasteiger charge is -2.39. The van der Waals surface area contributed by atoms with Crippen LogP contribution in [0.15, 0.2) is 85.1 Å². The molecular formula is C55H65F2N13O7. The minimum absolute atomic E-state index is 0.0779. The molecule has 0 bridgehead atoms. The van der Waals surface area contributed by atoms with E-state index in [9.17, 15) is 32.8 Å². The lowest BCUT2D eigenvalue weighted by Crippen LogP contribution is -2.57. The number of aromatic nitrogens is 4. The van der Waals surface area contributed by atoms with Crippen LogP contribution >= 0.6 is 0 Å². The van der Waals surface area contributed by atoms with Crippen molar-refractivity contribution in [1.29, 1.82) is 0 Å². The number of fused-ring (bicyclic) bond motifs is 3. The van der Waals surface area contributed by atoms with Crippen molar-refractivity contribution in [1.82, 2.24) is 50.8 Å². The summed E-state index contributed by atoms with van der Waals surface area (Å²) >= 11 is 0. The van der Waals surface area contributed by atoms with Crippen LogP contribution in [-0.4, -0.2) is 156 Å². The molecule has 77 heavy (non-hydrogen) atoms. The highest BCUT2D eigenvalue weighted by Crippen LogP contribution is 2.44. The number of nitrogens with zero attached hydrogens (tertiary/aromatic N) is 8. The molecular weight excluding hydrogens is 993 g/mol. The largest absolute Gasteiger partial charge is 0.449 e. The first kappa shape index (κ1) is 53.8. The Labute approximate surface area is 445 Å². The van der Waals surface area contributed by atoms with E-state index < -0.39 is 60.0 Å². The zero-order valence-electron chi connectivity index (χ0n) is 43.4. The minimum atomic E-state index is -0.899. The summed E-state index contributed by atoms with van der Waals surface area (Å²) in [6.45, 7) is 9.65. The molecule has 22 heteroatoms. The highest BCUT2D eigenvalue weighted by Gasteiger charge is 2.38. The van der Waals surface area contributed by atoms with Crippen LogP contribution < -0.4 is 36.8 Å². The average Bonchev–Trinajstić information content (AvgIpc) is 4.15.